The van der Waals surface area contributed by atoms with E-state index in [1.54, 1.807) is 0 Å². The molecule has 5 fully saturated rings. The maximum Gasteiger partial charge on any atom is 0.0121 e. The van der Waals surface area contributed by atoms with Gasteiger partial charge in [0.05, 0.1) is 0 Å². The van der Waals surface area contributed by atoms with Gasteiger partial charge >= 0.3 is 0 Å². The molecule has 1 saturated carbocycles. The first-order valence-electron chi connectivity index (χ1n) is 12.4. The van der Waals surface area contributed by atoms with E-state index in [1.807, 2.05) is 55.4 Å². The van der Waals surface area contributed by atoms with Gasteiger partial charge in [0.1, 0.15) is 0 Å². The first-order valence-corrected chi connectivity index (χ1v) is 12.4. The van der Waals surface area contributed by atoms with E-state index < -0.39 is 0 Å². The van der Waals surface area contributed by atoms with Crippen LogP contribution in [0.1, 0.15) is 108 Å². The van der Waals surface area contributed by atoms with E-state index in [1.165, 1.54) is 51.6 Å². The molecule has 0 N–H and O–H groups in total. The molecule has 0 amide bonds. The smallest absolute Gasteiger partial charge is 0.0121 e. The van der Waals surface area contributed by atoms with Crippen LogP contribution in [0.25, 0.3) is 0 Å². The van der Waals surface area contributed by atoms with Gasteiger partial charge in [-0.3, -0.25) is 0 Å². The van der Waals surface area contributed by atoms with Crippen LogP contribution in [-0.2, 0) is 0 Å². The van der Waals surface area contributed by atoms with Crippen LogP contribution in [0.4, 0.5) is 0 Å². The second kappa shape index (κ2) is 15.8. The molecule has 3 unspecified atom stereocenters. The predicted molar refractivity (Wildman–Crippen MR) is 127 cm³/mol. The highest BCUT2D eigenvalue weighted by atomic mass is 15.2. The van der Waals surface area contributed by atoms with Crippen molar-refractivity contribution in [3.63, 3.8) is 0 Å². The highest BCUT2D eigenvalue weighted by Gasteiger charge is 2.45. The van der Waals surface area contributed by atoms with Gasteiger partial charge < -0.3 is 9.80 Å². The van der Waals surface area contributed by atoms with Gasteiger partial charge in [-0.15, -0.1) is 0 Å². The Balaban J connectivity index is 0. The minimum Gasteiger partial charge on any atom is -0.306 e. The van der Waals surface area contributed by atoms with Gasteiger partial charge in [0.25, 0.3) is 0 Å². The number of rotatable bonds is 0. The first-order chi connectivity index (χ1) is 13.0. The average molecular weight is 385 g/mol. The maximum atomic E-state index is 2.61. The molecule has 0 radical (unpaired) electrons. The summed E-state index contributed by atoms with van der Waals surface area (Å²) < 4.78 is 0. The Morgan fingerprint density at radius 1 is 0.741 bits per heavy atom. The summed E-state index contributed by atoms with van der Waals surface area (Å²) in [6.07, 6.45) is 8.84. The van der Waals surface area contributed by atoms with E-state index in [9.17, 15) is 0 Å². The van der Waals surface area contributed by atoms with E-state index in [2.05, 4.69) is 37.7 Å². The summed E-state index contributed by atoms with van der Waals surface area (Å²) in [6.45, 7) is 23.5. The third-order valence-corrected chi connectivity index (χ3v) is 6.29. The van der Waals surface area contributed by atoms with E-state index in [4.69, 9.17) is 0 Å². The van der Waals surface area contributed by atoms with Crippen molar-refractivity contribution in [2.24, 2.45) is 17.3 Å². The lowest BCUT2D eigenvalue weighted by Gasteiger charge is -2.54. The van der Waals surface area contributed by atoms with Crippen LogP contribution < -0.4 is 0 Å². The van der Waals surface area contributed by atoms with Crippen LogP contribution >= 0.6 is 0 Å². The van der Waals surface area contributed by atoms with Gasteiger partial charge in [-0.05, 0) is 69.9 Å². The molecule has 4 aliphatic heterocycles. The van der Waals surface area contributed by atoms with Crippen molar-refractivity contribution < 1.29 is 0 Å². The molecule has 4 bridgehead atoms. The van der Waals surface area contributed by atoms with Gasteiger partial charge in [-0.25, -0.2) is 0 Å². The summed E-state index contributed by atoms with van der Waals surface area (Å²) in [6, 6.07) is 1.87. The number of hydrogen-bond donors (Lipinski definition) is 0. The monoisotopic (exact) mass is 384 g/mol. The lowest BCUT2D eigenvalue weighted by atomic mass is 9.60. The first kappa shape index (κ1) is 29.1. The predicted octanol–water partition coefficient (Wildman–Crippen LogP) is 7.33. The fourth-order valence-electron chi connectivity index (χ4n) is 5.47. The third kappa shape index (κ3) is 8.86. The summed E-state index contributed by atoms with van der Waals surface area (Å²) in [5, 5.41) is 0. The largest absolute Gasteiger partial charge is 0.306 e. The van der Waals surface area contributed by atoms with Crippen LogP contribution in [0, 0.1) is 17.3 Å². The summed E-state index contributed by atoms with van der Waals surface area (Å²) in [7, 11) is 4.54. The molecule has 0 aromatic carbocycles. The molecule has 4 heterocycles. The standard InChI is InChI=1S/C9H17N.C8H15N.4C2H6/c1-7-3-4-8-5-6-9(7)10(8)2;1-8-3-7(4-8)5-9(2)6-8;4*1-2/h7-9H,3-6H2,1-2H3;7H,3-6H2,1-2H3;4*1-2H3. The molecule has 0 spiro atoms. The van der Waals surface area contributed by atoms with E-state index in [0.29, 0.717) is 0 Å². The van der Waals surface area contributed by atoms with Crippen molar-refractivity contribution in [3.05, 3.63) is 0 Å². The number of fused-ring (bicyclic) bond motifs is 4. The van der Waals surface area contributed by atoms with Crippen molar-refractivity contribution in [1.29, 1.82) is 0 Å². The highest BCUT2D eigenvalue weighted by Crippen LogP contribution is 2.49. The average Bonchev–Trinajstić information content (AvgIpc) is 2.93. The van der Waals surface area contributed by atoms with Gasteiger partial charge in [0.15, 0.2) is 0 Å². The van der Waals surface area contributed by atoms with E-state index in [-0.39, 0.29) is 0 Å². The normalized spacial score (nSPS) is 35.6. The minimum absolute atomic E-state index is 0.720. The SMILES string of the molecule is CC.CC.CC.CC.CC1CCC2CCC1N2C.CN1CC2CC(C)(C2)C1. The maximum absolute atomic E-state index is 2.61. The second-order valence-electron chi connectivity index (χ2n) is 8.30. The molecule has 27 heavy (non-hydrogen) atoms. The van der Waals surface area contributed by atoms with Crippen LogP contribution in [-0.4, -0.2) is 49.1 Å². The molecule has 3 atom stereocenters. The molecular formula is C25H56N2. The zero-order valence-electron chi connectivity index (χ0n) is 21.4. The molecule has 0 aromatic rings. The van der Waals surface area contributed by atoms with Crippen LogP contribution in [0.5, 0.6) is 0 Å². The zero-order valence-corrected chi connectivity index (χ0v) is 21.4. The Labute approximate surface area is 174 Å². The van der Waals surface area contributed by atoms with Gasteiger partial charge in [0.2, 0.25) is 0 Å². The lowest BCUT2D eigenvalue weighted by Crippen LogP contribution is -2.53. The van der Waals surface area contributed by atoms with E-state index in [0.717, 1.165) is 29.3 Å². The van der Waals surface area contributed by atoms with Crippen molar-refractivity contribution >= 4 is 0 Å². The Kier molecular flexibility index (Phi) is 17.0. The van der Waals surface area contributed by atoms with Crippen LogP contribution in [0.3, 0.4) is 0 Å². The molecule has 1 aliphatic carbocycles. The number of hydrogen-bond acceptors (Lipinski definition) is 2. The minimum atomic E-state index is 0.720. The second-order valence-corrected chi connectivity index (χ2v) is 8.30. The van der Waals surface area contributed by atoms with E-state index >= 15 is 0 Å². The van der Waals surface area contributed by atoms with Crippen LogP contribution in [0.2, 0.25) is 0 Å². The molecule has 5 aliphatic rings. The topological polar surface area (TPSA) is 6.48 Å². The van der Waals surface area contributed by atoms with Gasteiger partial charge in [-0.1, -0.05) is 69.2 Å². The van der Waals surface area contributed by atoms with Gasteiger partial charge in [0, 0.05) is 25.2 Å². The van der Waals surface area contributed by atoms with Crippen molar-refractivity contribution in [2.75, 3.05) is 27.2 Å². The fraction of sp³-hybridized carbons (Fsp3) is 1.00. The van der Waals surface area contributed by atoms with Gasteiger partial charge in [-0.2, -0.15) is 0 Å². The highest BCUT2D eigenvalue weighted by molar-refractivity contribution is 4.97. The zero-order chi connectivity index (χ0) is 21.6. The molecule has 0 aromatic heterocycles. The number of nitrogens with zero attached hydrogens (tertiary/aromatic N) is 2. The lowest BCUT2D eigenvalue weighted by molar-refractivity contribution is -0.0359. The van der Waals surface area contributed by atoms with Crippen molar-refractivity contribution in [1.82, 2.24) is 9.80 Å². The quantitative estimate of drug-likeness (QED) is 0.431. The number of piperidine rings is 3. The van der Waals surface area contributed by atoms with Crippen molar-refractivity contribution in [2.45, 2.75) is 120 Å². The fourth-order valence-corrected chi connectivity index (χ4v) is 5.47. The molecule has 4 saturated heterocycles. The summed E-state index contributed by atoms with van der Waals surface area (Å²) in [5.74, 6) is 2.01. The molecular weight excluding hydrogens is 328 g/mol. The van der Waals surface area contributed by atoms with Crippen LogP contribution in [0.15, 0.2) is 0 Å². The Morgan fingerprint density at radius 3 is 1.59 bits per heavy atom. The van der Waals surface area contributed by atoms with Crippen molar-refractivity contribution in [3.8, 4) is 0 Å². The Hall–Kier alpha value is -0.0800. The molecule has 2 heteroatoms. The Bertz CT molecular complexity index is 320. The molecule has 2 nitrogen and oxygen atoms in total. The molecule has 5 rings (SSSR count). The summed E-state index contributed by atoms with van der Waals surface area (Å²) in [4.78, 5) is 5.08. The summed E-state index contributed by atoms with van der Waals surface area (Å²) >= 11 is 0. The summed E-state index contributed by atoms with van der Waals surface area (Å²) in [5.41, 5.74) is 0.720. The molecule has 166 valence electrons. The Morgan fingerprint density at radius 2 is 1.22 bits per heavy atom. The third-order valence-electron chi connectivity index (χ3n) is 6.29.